The van der Waals surface area contributed by atoms with Gasteiger partial charge in [0, 0.05) is 12.6 Å². The number of aryl methyl sites for hydroxylation is 3. The molecule has 0 spiro atoms. The van der Waals surface area contributed by atoms with Gasteiger partial charge in [-0.2, -0.15) is 0 Å². The minimum atomic E-state index is 0.748. The van der Waals surface area contributed by atoms with E-state index >= 15 is 0 Å². The minimum absolute atomic E-state index is 0.748. The molecule has 2 rings (SSSR count). The molecule has 0 aromatic heterocycles. The van der Waals surface area contributed by atoms with Gasteiger partial charge in [0.15, 0.2) is 0 Å². The van der Waals surface area contributed by atoms with Gasteiger partial charge in [0.2, 0.25) is 0 Å². The summed E-state index contributed by atoms with van der Waals surface area (Å²) in [6.07, 6.45) is 3.95. The van der Waals surface area contributed by atoms with Crippen LogP contribution in [0.2, 0.25) is 0 Å². The van der Waals surface area contributed by atoms with Gasteiger partial charge in [-0.05, 0) is 75.4 Å². The summed E-state index contributed by atoms with van der Waals surface area (Å²) < 4.78 is 0. The molecular formula is C16H26N2. The van der Waals surface area contributed by atoms with Crippen LogP contribution in [-0.4, -0.2) is 19.1 Å². The van der Waals surface area contributed by atoms with E-state index in [1.807, 2.05) is 0 Å². The van der Waals surface area contributed by atoms with Crippen LogP contribution in [-0.2, 0) is 6.54 Å². The molecule has 1 heterocycles. The molecule has 1 aromatic carbocycles. The lowest BCUT2D eigenvalue weighted by Crippen LogP contribution is -2.27. The molecule has 0 saturated carbocycles. The number of benzene rings is 1. The molecule has 100 valence electrons. The molecule has 1 saturated heterocycles. The van der Waals surface area contributed by atoms with Crippen molar-refractivity contribution in [2.75, 3.05) is 13.1 Å². The second kappa shape index (κ2) is 6.35. The van der Waals surface area contributed by atoms with Crippen LogP contribution in [0.5, 0.6) is 0 Å². The Hall–Kier alpha value is -0.860. The first-order valence-electron chi connectivity index (χ1n) is 7.17. The van der Waals surface area contributed by atoms with Crippen LogP contribution in [0.15, 0.2) is 12.1 Å². The highest BCUT2D eigenvalue weighted by atomic mass is 14.9. The van der Waals surface area contributed by atoms with Crippen LogP contribution in [0.1, 0.15) is 41.5 Å². The SMILES string of the molecule is Cc1cc(C)c(CNCCC2CCCN2)cc1C. The second-order valence-electron chi connectivity index (χ2n) is 5.62. The lowest BCUT2D eigenvalue weighted by Gasteiger charge is -2.13. The fraction of sp³-hybridized carbons (Fsp3) is 0.625. The van der Waals surface area contributed by atoms with Crippen LogP contribution in [0.4, 0.5) is 0 Å². The third kappa shape index (κ3) is 3.56. The first-order valence-corrected chi connectivity index (χ1v) is 7.17. The van der Waals surface area contributed by atoms with Crippen LogP contribution >= 0.6 is 0 Å². The van der Waals surface area contributed by atoms with E-state index in [1.54, 1.807) is 0 Å². The Labute approximate surface area is 111 Å². The van der Waals surface area contributed by atoms with E-state index in [1.165, 1.54) is 48.1 Å². The van der Waals surface area contributed by atoms with Crippen molar-refractivity contribution in [3.63, 3.8) is 0 Å². The van der Waals surface area contributed by atoms with Gasteiger partial charge in [0.1, 0.15) is 0 Å². The van der Waals surface area contributed by atoms with Gasteiger partial charge < -0.3 is 10.6 Å². The molecule has 0 aliphatic carbocycles. The maximum atomic E-state index is 3.58. The highest BCUT2D eigenvalue weighted by Crippen LogP contribution is 2.15. The summed E-state index contributed by atoms with van der Waals surface area (Å²) in [5, 5.41) is 7.12. The Morgan fingerprint density at radius 3 is 2.67 bits per heavy atom. The zero-order valence-corrected chi connectivity index (χ0v) is 12.0. The number of nitrogens with one attached hydrogen (secondary N) is 2. The summed E-state index contributed by atoms with van der Waals surface area (Å²) in [7, 11) is 0. The van der Waals surface area contributed by atoms with Gasteiger partial charge in [0.05, 0.1) is 0 Å². The Morgan fingerprint density at radius 1 is 1.17 bits per heavy atom. The van der Waals surface area contributed by atoms with Crippen LogP contribution in [0.25, 0.3) is 0 Å². The van der Waals surface area contributed by atoms with Gasteiger partial charge in [-0.25, -0.2) is 0 Å². The quantitative estimate of drug-likeness (QED) is 0.781. The normalized spacial score (nSPS) is 19.4. The zero-order valence-electron chi connectivity index (χ0n) is 12.0. The van der Waals surface area contributed by atoms with Crippen molar-refractivity contribution in [1.82, 2.24) is 10.6 Å². The molecule has 2 nitrogen and oxygen atoms in total. The molecule has 0 radical (unpaired) electrons. The van der Waals surface area contributed by atoms with Gasteiger partial charge in [-0.1, -0.05) is 12.1 Å². The van der Waals surface area contributed by atoms with Crippen molar-refractivity contribution in [1.29, 1.82) is 0 Å². The highest BCUT2D eigenvalue weighted by molar-refractivity contribution is 5.36. The van der Waals surface area contributed by atoms with E-state index in [9.17, 15) is 0 Å². The Bertz CT molecular complexity index is 392. The van der Waals surface area contributed by atoms with Gasteiger partial charge in [-0.15, -0.1) is 0 Å². The largest absolute Gasteiger partial charge is 0.314 e. The summed E-state index contributed by atoms with van der Waals surface area (Å²) >= 11 is 0. The molecule has 0 bridgehead atoms. The molecule has 1 fully saturated rings. The molecule has 1 aliphatic heterocycles. The maximum absolute atomic E-state index is 3.58. The van der Waals surface area contributed by atoms with E-state index in [-0.39, 0.29) is 0 Å². The molecule has 1 unspecified atom stereocenters. The fourth-order valence-electron chi connectivity index (χ4n) is 2.71. The summed E-state index contributed by atoms with van der Waals surface area (Å²) in [5.41, 5.74) is 5.64. The Balaban J connectivity index is 1.77. The highest BCUT2D eigenvalue weighted by Gasteiger charge is 2.12. The van der Waals surface area contributed by atoms with E-state index in [4.69, 9.17) is 0 Å². The van der Waals surface area contributed by atoms with E-state index in [0.29, 0.717) is 0 Å². The predicted octanol–water partition coefficient (Wildman–Crippen LogP) is 2.84. The summed E-state index contributed by atoms with van der Waals surface area (Å²) in [5.74, 6) is 0. The average molecular weight is 246 g/mol. The molecule has 1 atom stereocenters. The van der Waals surface area contributed by atoms with E-state index < -0.39 is 0 Å². The van der Waals surface area contributed by atoms with Crippen molar-refractivity contribution in [3.05, 3.63) is 34.4 Å². The van der Waals surface area contributed by atoms with Crippen LogP contribution in [0, 0.1) is 20.8 Å². The second-order valence-corrected chi connectivity index (χ2v) is 5.62. The maximum Gasteiger partial charge on any atom is 0.0208 e. The Morgan fingerprint density at radius 2 is 1.94 bits per heavy atom. The third-order valence-corrected chi connectivity index (χ3v) is 4.10. The number of hydrogen-bond donors (Lipinski definition) is 2. The summed E-state index contributed by atoms with van der Waals surface area (Å²) in [4.78, 5) is 0. The molecule has 2 heteroatoms. The first-order chi connectivity index (χ1) is 8.66. The lowest BCUT2D eigenvalue weighted by atomic mass is 10.0. The van der Waals surface area contributed by atoms with Crippen molar-refractivity contribution in [2.24, 2.45) is 0 Å². The standard InChI is InChI=1S/C16H26N2/c1-12-9-14(3)15(10-13(12)2)11-17-8-6-16-5-4-7-18-16/h9-10,16-18H,4-8,11H2,1-3H3. The molecule has 2 N–H and O–H groups in total. The van der Waals surface area contributed by atoms with Crippen LogP contribution in [0.3, 0.4) is 0 Å². The summed E-state index contributed by atoms with van der Waals surface area (Å²) in [6, 6.07) is 5.37. The zero-order chi connectivity index (χ0) is 13.0. The van der Waals surface area contributed by atoms with Crippen molar-refractivity contribution in [2.45, 2.75) is 52.6 Å². The Kier molecular flexibility index (Phi) is 4.79. The average Bonchev–Trinajstić information content (AvgIpc) is 2.84. The monoisotopic (exact) mass is 246 g/mol. The molecule has 0 amide bonds. The molecular weight excluding hydrogens is 220 g/mol. The van der Waals surface area contributed by atoms with Gasteiger partial charge in [0.25, 0.3) is 0 Å². The first kappa shape index (κ1) is 13.6. The molecule has 18 heavy (non-hydrogen) atoms. The van der Waals surface area contributed by atoms with Crippen molar-refractivity contribution < 1.29 is 0 Å². The molecule has 1 aliphatic rings. The third-order valence-electron chi connectivity index (χ3n) is 4.10. The summed E-state index contributed by atoms with van der Waals surface area (Å²) in [6.45, 7) is 9.92. The molecule has 1 aromatic rings. The topological polar surface area (TPSA) is 24.1 Å². The number of hydrogen-bond acceptors (Lipinski definition) is 2. The van der Waals surface area contributed by atoms with Crippen LogP contribution < -0.4 is 10.6 Å². The predicted molar refractivity (Wildman–Crippen MR) is 78.0 cm³/mol. The van der Waals surface area contributed by atoms with Crippen molar-refractivity contribution >= 4 is 0 Å². The fourth-order valence-corrected chi connectivity index (χ4v) is 2.71. The minimum Gasteiger partial charge on any atom is -0.314 e. The van der Waals surface area contributed by atoms with Gasteiger partial charge >= 0.3 is 0 Å². The smallest absolute Gasteiger partial charge is 0.0208 e. The lowest BCUT2D eigenvalue weighted by molar-refractivity contribution is 0.523. The van der Waals surface area contributed by atoms with E-state index in [2.05, 4.69) is 43.5 Å². The van der Waals surface area contributed by atoms with Crippen molar-refractivity contribution in [3.8, 4) is 0 Å². The number of rotatable bonds is 5. The van der Waals surface area contributed by atoms with Gasteiger partial charge in [-0.3, -0.25) is 0 Å². The van der Waals surface area contributed by atoms with E-state index in [0.717, 1.165) is 19.1 Å².